The highest BCUT2D eigenvalue weighted by molar-refractivity contribution is 6.30. The van der Waals surface area contributed by atoms with E-state index < -0.39 is 0 Å². The van der Waals surface area contributed by atoms with Crippen LogP contribution in [-0.2, 0) is 11.3 Å². The summed E-state index contributed by atoms with van der Waals surface area (Å²) < 4.78 is 10.8. The van der Waals surface area contributed by atoms with E-state index in [0.717, 1.165) is 29.6 Å². The average Bonchev–Trinajstić information content (AvgIpc) is 2.52. The Balaban J connectivity index is 1.78. The first-order valence-electron chi connectivity index (χ1n) is 7.07. The van der Waals surface area contributed by atoms with Gasteiger partial charge >= 0.3 is 0 Å². The van der Waals surface area contributed by atoms with Gasteiger partial charge in [-0.05, 0) is 48.9 Å². The van der Waals surface area contributed by atoms with Gasteiger partial charge in [0.2, 0.25) is 0 Å². The van der Waals surface area contributed by atoms with Gasteiger partial charge in [-0.25, -0.2) is 0 Å². The van der Waals surface area contributed by atoms with Crippen LogP contribution in [0.5, 0.6) is 5.75 Å². The quantitative estimate of drug-likeness (QED) is 0.735. The second-order valence-electron chi connectivity index (χ2n) is 4.55. The molecule has 0 unspecified atom stereocenters. The molecule has 0 amide bonds. The van der Waals surface area contributed by atoms with E-state index in [2.05, 4.69) is 17.4 Å². The minimum absolute atomic E-state index is 0.580. The van der Waals surface area contributed by atoms with Gasteiger partial charge in [0.15, 0.2) is 0 Å². The number of nitrogens with one attached hydrogen (secondary N) is 1. The monoisotopic (exact) mass is 305 g/mol. The van der Waals surface area contributed by atoms with E-state index in [4.69, 9.17) is 21.1 Å². The normalized spacial score (nSPS) is 10.4. The van der Waals surface area contributed by atoms with E-state index in [-0.39, 0.29) is 0 Å². The van der Waals surface area contributed by atoms with E-state index in [0.29, 0.717) is 13.2 Å². The second-order valence-corrected chi connectivity index (χ2v) is 4.99. The molecule has 0 aliphatic rings. The van der Waals surface area contributed by atoms with Crippen LogP contribution in [-0.4, -0.2) is 19.8 Å². The average molecular weight is 306 g/mol. The fourth-order valence-electron chi connectivity index (χ4n) is 1.84. The van der Waals surface area contributed by atoms with Crippen molar-refractivity contribution in [3.63, 3.8) is 0 Å². The van der Waals surface area contributed by atoms with Gasteiger partial charge in [-0.15, -0.1) is 0 Å². The highest BCUT2D eigenvalue weighted by Crippen LogP contribution is 2.16. The first-order chi connectivity index (χ1) is 10.3. The molecule has 0 aliphatic carbocycles. The van der Waals surface area contributed by atoms with Gasteiger partial charge in [-0.2, -0.15) is 0 Å². The minimum Gasteiger partial charge on any atom is -0.491 e. The van der Waals surface area contributed by atoms with Gasteiger partial charge in [0.05, 0.1) is 6.61 Å². The molecule has 0 radical (unpaired) electrons. The van der Waals surface area contributed by atoms with Crippen molar-refractivity contribution in [3.8, 4) is 5.75 Å². The van der Waals surface area contributed by atoms with Crippen LogP contribution < -0.4 is 10.1 Å². The van der Waals surface area contributed by atoms with Crippen molar-refractivity contribution in [2.45, 2.75) is 13.5 Å². The van der Waals surface area contributed by atoms with Crippen molar-refractivity contribution in [3.05, 3.63) is 59.1 Å². The van der Waals surface area contributed by atoms with Gasteiger partial charge in [0.1, 0.15) is 12.4 Å². The van der Waals surface area contributed by atoms with E-state index in [1.54, 1.807) is 0 Å². The summed E-state index contributed by atoms with van der Waals surface area (Å²) in [5, 5.41) is 4.09. The summed E-state index contributed by atoms with van der Waals surface area (Å²) >= 11 is 5.86. The van der Waals surface area contributed by atoms with Crippen molar-refractivity contribution in [2.75, 3.05) is 25.1 Å². The number of benzene rings is 2. The molecule has 0 saturated heterocycles. The SMILES string of the molecule is CCOCCOc1ccc(CNc2ccc(Cl)cc2)cc1. The smallest absolute Gasteiger partial charge is 0.119 e. The molecule has 21 heavy (non-hydrogen) atoms. The number of hydrogen-bond donors (Lipinski definition) is 1. The topological polar surface area (TPSA) is 30.5 Å². The maximum Gasteiger partial charge on any atom is 0.119 e. The van der Waals surface area contributed by atoms with Gasteiger partial charge in [-0.1, -0.05) is 23.7 Å². The Morgan fingerprint density at radius 2 is 1.67 bits per heavy atom. The molecule has 0 fully saturated rings. The molecule has 2 aromatic carbocycles. The number of rotatable bonds is 8. The van der Waals surface area contributed by atoms with Crippen molar-refractivity contribution in [1.82, 2.24) is 0 Å². The Hall–Kier alpha value is -1.71. The van der Waals surface area contributed by atoms with Gasteiger partial charge in [0, 0.05) is 23.9 Å². The van der Waals surface area contributed by atoms with Crippen LogP contribution >= 0.6 is 11.6 Å². The van der Waals surface area contributed by atoms with Gasteiger partial charge in [-0.3, -0.25) is 0 Å². The molecule has 112 valence electrons. The van der Waals surface area contributed by atoms with Crippen LogP contribution in [0.2, 0.25) is 5.02 Å². The van der Waals surface area contributed by atoms with Crippen molar-refractivity contribution in [2.24, 2.45) is 0 Å². The van der Waals surface area contributed by atoms with E-state index >= 15 is 0 Å². The minimum atomic E-state index is 0.580. The number of hydrogen-bond acceptors (Lipinski definition) is 3. The molecule has 0 atom stereocenters. The zero-order valence-electron chi connectivity index (χ0n) is 12.1. The fraction of sp³-hybridized carbons (Fsp3) is 0.294. The lowest BCUT2D eigenvalue weighted by molar-refractivity contribution is 0.110. The van der Waals surface area contributed by atoms with Crippen LogP contribution in [0, 0.1) is 0 Å². The maximum atomic E-state index is 5.86. The Kier molecular flexibility index (Phi) is 6.38. The summed E-state index contributed by atoms with van der Waals surface area (Å²) in [7, 11) is 0. The first-order valence-corrected chi connectivity index (χ1v) is 7.44. The third-order valence-electron chi connectivity index (χ3n) is 2.96. The molecule has 3 nitrogen and oxygen atoms in total. The lowest BCUT2D eigenvalue weighted by atomic mass is 10.2. The van der Waals surface area contributed by atoms with Crippen LogP contribution in [0.1, 0.15) is 12.5 Å². The number of halogens is 1. The first kappa shape index (κ1) is 15.7. The largest absolute Gasteiger partial charge is 0.491 e. The number of anilines is 1. The number of ether oxygens (including phenoxy) is 2. The van der Waals surface area contributed by atoms with Crippen molar-refractivity contribution in [1.29, 1.82) is 0 Å². The fourth-order valence-corrected chi connectivity index (χ4v) is 1.96. The van der Waals surface area contributed by atoms with E-state index in [9.17, 15) is 0 Å². The molecular weight excluding hydrogens is 286 g/mol. The summed E-state index contributed by atoms with van der Waals surface area (Å²) in [4.78, 5) is 0. The Bertz CT molecular complexity index is 525. The molecule has 0 aliphatic heterocycles. The van der Waals surface area contributed by atoms with Gasteiger partial charge < -0.3 is 14.8 Å². The Morgan fingerprint density at radius 1 is 0.952 bits per heavy atom. The predicted octanol–water partition coefficient (Wildman–Crippen LogP) is 4.37. The summed E-state index contributed by atoms with van der Waals surface area (Å²) in [6, 6.07) is 15.7. The molecule has 0 bridgehead atoms. The van der Waals surface area contributed by atoms with Crippen molar-refractivity contribution >= 4 is 17.3 Å². The van der Waals surface area contributed by atoms with Crippen molar-refractivity contribution < 1.29 is 9.47 Å². The van der Waals surface area contributed by atoms with E-state index in [1.165, 1.54) is 5.56 Å². The third-order valence-corrected chi connectivity index (χ3v) is 3.22. The molecule has 0 saturated carbocycles. The lowest BCUT2D eigenvalue weighted by Crippen LogP contribution is -2.06. The predicted molar refractivity (Wildman–Crippen MR) is 87.2 cm³/mol. The summed E-state index contributed by atoms with van der Waals surface area (Å²) in [5.41, 5.74) is 2.25. The third kappa shape index (κ3) is 5.66. The molecule has 0 heterocycles. The Morgan fingerprint density at radius 3 is 2.33 bits per heavy atom. The highest BCUT2D eigenvalue weighted by Gasteiger charge is 1.97. The zero-order valence-corrected chi connectivity index (χ0v) is 12.9. The molecule has 0 spiro atoms. The van der Waals surface area contributed by atoms with Crippen LogP contribution in [0.25, 0.3) is 0 Å². The molecule has 1 N–H and O–H groups in total. The molecule has 2 rings (SSSR count). The molecule has 4 heteroatoms. The molecule has 2 aromatic rings. The van der Waals surface area contributed by atoms with Crippen LogP contribution in [0.4, 0.5) is 5.69 Å². The van der Waals surface area contributed by atoms with Crippen LogP contribution in [0.3, 0.4) is 0 Å². The second kappa shape index (κ2) is 8.55. The Labute approximate surface area is 130 Å². The lowest BCUT2D eigenvalue weighted by Gasteiger charge is -2.09. The zero-order chi connectivity index (χ0) is 14.9. The summed E-state index contributed by atoms with van der Waals surface area (Å²) in [6.07, 6.45) is 0. The maximum absolute atomic E-state index is 5.86. The summed E-state index contributed by atoms with van der Waals surface area (Å²) in [6.45, 7) is 4.66. The highest BCUT2D eigenvalue weighted by atomic mass is 35.5. The van der Waals surface area contributed by atoms with E-state index in [1.807, 2.05) is 43.3 Å². The summed E-state index contributed by atoms with van der Waals surface area (Å²) in [5.74, 6) is 0.866. The van der Waals surface area contributed by atoms with Gasteiger partial charge in [0.25, 0.3) is 0 Å². The molecule has 0 aromatic heterocycles. The standard InChI is InChI=1S/C17H20ClNO2/c1-2-20-11-12-21-17-9-3-14(4-10-17)13-19-16-7-5-15(18)6-8-16/h3-10,19H,2,11-13H2,1H3. The molecular formula is C17H20ClNO2. The van der Waals surface area contributed by atoms with Crippen LogP contribution in [0.15, 0.2) is 48.5 Å².